The molecule has 0 radical (unpaired) electrons. The maximum absolute atomic E-state index is 12.5. The molecule has 1 aromatic heterocycles. The zero-order valence-electron chi connectivity index (χ0n) is 13.6. The molecule has 120 valence electrons. The summed E-state index contributed by atoms with van der Waals surface area (Å²) in [5, 5.41) is 11.4. The van der Waals surface area contributed by atoms with Crippen LogP contribution in [0.1, 0.15) is 35.8 Å². The van der Waals surface area contributed by atoms with Gasteiger partial charge in [0.1, 0.15) is 0 Å². The molecular weight excluding hydrogens is 288 g/mol. The zero-order valence-corrected chi connectivity index (χ0v) is 13.6. The smallest absolute Gasteiger partial charge is 0.274 e. The van der Waals surface area contributed by atoms with Crippen molar-refractivity contribution in [1.29, 1.82) is 0 Å². The van der Waals surface area contributed by atoms with Crippen LogP contribution in [-0.4, -0.2) is 34.1 Å². The first-order chi connectivity index (χ1) is 11.1. The number of hydrogen-bond acceptors (Lipinski definition) is 4. The van der Waals surface area contributed by atoms with Crippen LogP contribution < -0.4 is 5.32 Å². The van der Waals surface area contributed by atoms with Gasteiger partial charge in [-0.3, -0.25) is 4.79 Å². The molecular formula is C18H22N4O. The van der Waals surface area contributed by atoms with E-state index in [0.29, 0.717) is 17.4 Å². The molecule has 0 aliphatic carbocycles. The van der Waals surface area contributed by atoms with Gasteiger partial charge in [0.05, 0.1) is 0 Å². The summed E-state index contributed by atoms with van der Waals surface area (Å²) in [5.41, 5.74) is 2.55. The molecule has 1 aromatic carbocycles. The zero-order chi connectivity index (χ0) is 16.2. The van der Waals surface area contributed by atoms with Crippen LogP contribution in [0.2, 0.25) is 0 Å². The summed E-state index contributed by atoms with van der Waals surface area (Å²) >= 11 is 0. The number of anilines is 2. The Morgan fingerprint density at radius 3 is 2.83 bits per heavy atom. The molecule has 1 N–H and O–H groups in total. The molecule has 23 heavy (non-hydrogen) atoms. The van der Waals surface area contributed by atoms with Gasteiger partial charge in [0.2, 0.25) is 0 Å². The van der Waals surface area contributed by atoms with Crippen molar-refractivity contribution in [2.75, 3.05) is 18.4 Å². The number of likely N-dealkylation sites (tertiary alicyclic amines) is 1. The quantitative estimate of drug-likeness (QED) is 0.944. The molecule has 1 fully saturated rings. The number of hydrogen-bond donors (Lipinski definition) is 1. The van der Waals surface area contributed by atoms with E-state index in [0.717, 1.165) is 25.2 Å². The lowest BCUT2D eigenvalue weighted by molar-refractivity contribution is 0.0676. The normalized spacial score (nSPS) is 17.8. The van der Waals surface area contributed by atoms with E-state index in [1.165, 1.54) is 12.0 Å². The molecule has 1 aliphatic rings. The van der Waals surface area contributed by atoms with Crippen LogP contribution in [-0.2, 0) is 0 Å². The number of piperidine rings is 1. The highest BCUT2D eigenvalue weighted by Gasteiger charge is 2.23. The molecule has 2 aromatic rings. The molecule has 5 heteroatoms. The number of carbonyl (C=O) groups is 1. The van der Waals surface area contributed by atoms with Crippen molar-refractivity contribution in [3.63, 3.8) is 0 Å². The number of benzene rings is 1. The monoisotopic (exact) mass is 310 g/mol. The van der Waals surface area contributed by atoms with E-state index in [9.17, 15) is 4.79 Å². The number of amides is 1. The predicted molar refractivity (Wildman–Crippen MR) is 90.8 cm³/mol. The number of aryl methyl sites for hydroxylation is 1. The Morgan fingerprint density at radius 2 is 2.13 bits per heavy atom. The minimum Gasteiger partial charge on any atom is -0.339 e. The van der Waals surface area contributed by atoms with Gasteiger partial charge in [0.15, 0.2) is 11.5 Å². The standard InChI is InChI=1S/C18H22N4O/c1-13-5-3-7-15(11-13)19-17-9-8-16(20-21-17)18(23)22-10-4-6-14(2)12-22/h3,5,7-9,11,14H,4,6,10,12H2,1-2H3,(H,19,21). The SMILES string of the molecule is Cc1cccc(Nc2ccc(C(=O)N3CCCC(C)C3)nn2)c1. The van der Waals surface area contributed by atoms with Crippen LogP contribution >= 0.6 is 0 Å². The Balaban J connectivity index is 1.68. The highest BCUT2D eigenvalue weighted by Crippen LogP contribution is 2.18. The van der Waals surface area contributed by atoms with Gasteiger partial charge in [-0.15, -0.1) is 10.2 Å². The van der Waals surface area contributed by atoms with Gasteiger partial charge in [-0.25, -0.2) is 0 Å². The van der Waals surface area contributed by atoms with Gasteiger partial charge < -0.3 is 10.2 Å². The summed E-state index contributed by atoms with van der Waals surface area (Å²) in [6, 6.07) is 11.6. The first-order valence-corrected chi connectivity index (χ1v) is 8.08. The van der Waals surface area contributed by atoms with Crippen LogP contribution in [0.5, 0.6) is 0 Å². The summed E-state index contributed by atoms with van der Waals surface area (Å²) < 4.78 is 0. The molecule has 1 atom stereocenters. The fourth-order valence-electron chi connectivity index (χ4n) is 2.92. The summed E-state index contributed by atoms with van der Waals surface area (Å²) in [6.07, 6.45) is 2.25. The van der Waals surface area contributed by atoms with Gasteiger partial charge in [-0.1, -0.05) is 19.1 Å². The Hall–Kier alpha value is -2.43. The van der Waals surface area contributed by atoms with Crippen molar-refractivity contribution in [2.45, 2.75) is 26.7 Å². The number of nitrogens with zero attached hydrogens (tertiary/aromatic N) is 3. The van der Waals surface area contributed by atoms with Crippen molar-refractivity contribution >= 4 is 17.4 Å². The molecule has 3 rings (SSSR count). The van der Waals surface area contributed by atoms with Gasteiger partial charge in [0, 0.05) is 18.8 Å². The highest BCUT2D eigenvalue weighted by atomic mass is 16.2. The van der Waals surface area contributed by atoms with Crippen molar-refractivity contribution in [2.24, 2.45) is 5.92 Å². The largest absolute Gasteiger partial charge is 0.339 e. The van der Waals surface area contributed by atoms with E-state index in [1.54, 1.807) is 12.1 Å². The Morgan fingerprint density at radius 1 is 1.26 bits per heavy atom. The second kappa shape index (κ2) is 6.77. The lowest BCUT2D eigenvalue weighted by Gasteiger charge is -2.30. The number of nitrogens with one attached hydrogen (secondary N) is 1. The van der Waals surface area contributed by atoms with Crippen LogP contribution in [0.25, 0.3) is 0 Å². The summed E-state index contributed by atoms with van der Waals surface area (Å²) in [6.45, 7) is 5.84. The summed E-state index contributed by atoms with van der Waals surface area (Å²) in [4.78, 5) is 14.3. The number of carbonyl (C=O) groups excluding carboxylic acids is 1. The summed E-state index contributed by atoms with van der Waals surface area (Å²) in [7, 11) is 0. The highest BCUT2D eigenvalue weighted by molar-refractivity contribution is 5.92. The molecule has 0 spiro atoms. The van der Waals surface area contributed by atoms with Crippen LogP contribution in [0.3, 0.4) is 0 Å². The average Bonchev–Trinajstić information content (AvgIpc) is 2.55. The van der Waals surface area contributed by atoms with Crippen molar-refractivity contribution in [3.05, 3.63) is 47.7 Å². The molecule has 1 aliphatic heterocycles. The van der Waals surface area contributed by atoms with Gasteiger partial charge in [-0.05, 0) is 55.5 Å². The molecule has 1 saturated heterocycles. The summed E-state index contributed by atoms with van der Waals surface area (Å²) in [5.74, 6) is 1.17. The number of aromatic nitrogens is 2. The minimum absolute atomic E-state index is 0.0221. The topological polar surface area (TPSA) is 58.1 Å². The second-order valence-electron chi connectivity index (χ2n) is 6.30. The number of rotatable bonds is 3. The van der Waals surface area contributed by atoms with E-state index >= 15 is 0 Å². The first-order valence-electron chi connectivity index (χ1n) is 8.08. The lowest BCUT2D eigenvalue weighted by atomic mass is 10.00. The van der Waals surface area contributed by atoms with E-state index in [1.807, 2.05) is 36.1 Å². The van der Waals surface area contributed by atoms with E-state index in [2.05, 4.69) is 22.4 Å². The molecule has 0 saturated carbocycles. The Labute approximate surface area is 136 Å². The van der Waals surface area contributed by atoms with E-state index in [-0.39, 0.29) is 5.91 Å². The maximum Gasteiger partial charge on any atom is 0.274 e. The molecule has 1 unspecified atom stereocenters. The third kappa shape index (κ3) is 3.86. The van der Waals surface area contributed by atoms with Crippen molar-refractivity contribution < 1.29 is 4.79 Å². The maximum atomic E-state index is 12.5. The molecule has 0 bridgehead atoms. The van der Waals surface area contributed by atoms with E-state index < -0.39 is 0 Å². The third-order valence-electron chi connectivity index (χ3n) is 4.12. The Kier molecular flexibility index (Phi) is 4.55. The van der Waals surface area contributed by atoms with Gasteiger partial charge in [0.25, 0.3) is 5.91 Å². The first kappa shape index (κ1) is 15.5. The van der Waals surface area contributed by atoms with Gasteiger partial charge >= 0.3 is 0 Å². The Bertz CT molecular complexity index is 684. The van der Waals surface area contributed by atoms with E-state index in [4.69, 9.17) is 0 Å². The molecule has 5 nitrogen and oxygen atoms in total. The van der Waals surface area contributed by atoms with Crippen molar-refractivity contribution in [1.82, 2.24) is 15.1 Å². The van der Waals surface area contributed by atoms with Crippen LogP contribution in [0.4, 0.5) is 11.5 Å². The lowest BCUT2D eigenvalue weighted by Crippen LogP contribution is -2.39. The van der Waals surface area contributed by atoms with Crippen molar-refractivity contribution in [3.8, 4) is 0 Å². The molecule has 1 amide bonds. The molecule has 2 heterocycles. The minimum atomic E-state index is -0.0221. The average molecular weight is 310 g/mol. The second-order valence-corrected chi connectivity index (χ2v) is 6.30. The van der Waals surface area contributed by atoms with Gasteiger partial charge in [-0.2, -0.15) is 0 Å². The third-order valence-corrected chi connectivity index (χ3v) is 4.12. The van der Waals surface area contributed by atoms with Crippen LogP contribution in [0.15, 0.2) is 36.4 Å². The fourth-order valence-corrected chi connectivity index (χ4v) is 2.92. The predicted octanol–water partition coefficient (Wildman–Crippen LogP) is 3.40. The fraction of sp³-hybridized carbons (Fsp3) is 0.389. The van der Waals surface area contributed by atoms with Crippen LogP contribution in [0, 0.1) is 12.8 Å².